The summed E-state index contributed by atoms with van der Waals surface area (Å²) in [6, 6.07) is 21.8. The predicted molar refractivity (Wildman–Crippen MR) is 120 cm³/mol. The zero-order valence-corrected chi connectivity index (χ0v) is 17.6. The molecule has 0 aliphatic rings. The smallest absolute Gasteiger partial charge is 0.267 e. The van der Waals surface area contributed by atoms with Crippen molar-refractivity contribution in [2.75, 3.05) is 0 Å². The van der Waals surface area contributed by atoms with E-state index in [9.17, 15) is 19.7 Å². The number of hydrogen-bond acceptors (Lipinski definition) is 6. The molecule has 0 aliphatic heterocycles. The van der Waals surface area contributed by atoms with Crippen molar-refractivity contribution in [1.82, 2.24) is 25.6 Å². The van der Waals surface area contributed by atoms with Crippen LogP contribution in [-0.2, 0) is 0 Å². The van der Waals surface area contributed by atoms with Crippen molar-refractivity contribution >= 4 is 29.1 Å². The number of rotatable bonds is 5. The molecule has 0 radical (unpaired) electrons. The van der Waals surface area contributed by atoms with Crippen LogP contribution in [-0.4, -0.2) is 31.5 Å². The molecule has 1 aromatic heterocycles. The first kappa shape index (κ1) is 21.7. The number of carbonyl (C=O) groups is 2. The van der Waals surface area contributed by atoms with Crippen molar-refractivity contribution in [2.24, 2.45) is 0 Å². The number of amides is 2. The van der Waals surface area contributed by atoms with Gasteiger partial charge in [-0.05, 0) is 18.2 Å². The molecule has 10 nitrogen and oxygen atoms in total. The van der Waals surface area contributed by atoms with Gasteiger partial charge in [0.15, 0.2) is 5.82 Å². The van der Waals surface area contributed by atoms with Gasteiger partial charge < -0.3 is 0 Å². The van der Waals surface area contributed by atoms with Crippen LogP contribution in [0.4, 0.5) is 5.69 Å². The van der Waals surface area contributed by atoms with Crippen LogP contribution < -0.4 is 10.9 Å². The summed E-state index contributed by atoms with van der Waals surface area (Å²) in [6.45, 7) is 0. The van der Waals surface area contributed by atoms with Crippen LogP contribution in [0, 0.1) is 10.1 Å². The van der Waals surface area contributed by atoms with Gasteiger partial charge in [-0.15, -0.1) is 5.10 Å². The third kappa shape index (κ3) is 4.70. The zero-order chi connectivity index (χ0) is 23.4. The number of nitrogens with zero attached hydrogens (tertiary/aromatic N) is 4. The van der Waals surface area contributed by atoms with E-state index in [1.165, 1.54) is 10.7 Å². The standard InChI is InChI=1S/C22H15ClN6O4/c23-18-13-16(29(32)33)11-12-17(18)21(30)25-26-22(31)19-24-20(14-7-3-1-4-8-14)28(27-19)15-9-5-2-6-10-15/h1-13H,(H,25,30)(H,26,31). The molecular formula is C22H15ClN6O4. The summed E-state index contributed by atoms with van der Waals surface area (Å²) < 4.78 is 1.53. The molecule has 3 aromatic carbocycles. The van der Waals surface area contributed by atoms with E-state index < -0.39 is 16.7 Å². The van der Waals surface area contributed by atoms with Gasteiger partial charge in [-0.3, -0.25) is 30.6 Å². The minimum atomic E-state index is -0.756. The molecule has 0 atom stereocenters. The Morgan fingerprint density at radius 1 is 0.909 bits per heavy atom. The summed E-state index contributed by atoms with van der Waals surface area (Å²) in [5, 5.41) is 15.0. The van der Waals surface area contributed by atoms with Gasteiger partial charge in [0.05, 0.1) is 21.2 Å². The van der Waals surface area contributed by atoms with Crippen molar-refractivity contribution in [3.63, 3.8) is 0 Å². The average Bonchev–Trinajstić information content (AvgIpc) is 3.29. The first-order valence-corrected chi connectivity index (χ1v) is 9.94. The number of non-ortho nitro benzene ring substituents is 1. The van der Waals surface area contributed by atoms with E-state index in [1.807, 2.05) is 60.7 Å². The molecule has 0 saturated heterocycles. The maximum Gasteiger partial charge on any atom is 0.309 e. The van der Waals surface area contributed by atoms with E-state index in [-0.39, 0.29) is 22.1 Å². The molecule has 0 aliphatic carbocycles. The lowest BCUT2D eigenvalue weighted by atomic mass is 10.2. The van der Waals surface area contributed by atoms with Gasteiger partial charge in [0.1, 0.15) is 0 Å². The maximum absolute atomic E-state index is 12.7. The maximum atomic E-state index is 12.7. The van der Waals surface area contributed by atoms with E-state index in [2.05, 4.69) is 20.9 Å². The van der Waals surface area contributed by atoms with E-state index in [4.69, 9.17) is 11.6 Å². The predicted octanol–water partition coefficient (Wildman–Crippen LogP) is 3.57. The first-order valence-electron chi connectivity index (χ1n) is 9.56. The molecule has 0 fully saturated rings. The summed E-state index contributed by atoms with van der Waals surface area (Å²) >= 11 is 5.95. The van der Waals surface area contributed by atoms with Gasteiger partial charge in [0.25, 0.3) is 11.6 Å². The van der Waals surface area contributed by atoms with Crippen molar-refractivity contribution in [3.8, 4) is 17.1 Å². The summed E-state index contributed by atoms with van der Waals surface area (Å²) in [5.74, 6) is -1.24. The second-order valence-corrected chi connectivity index (χ2v) is 7.11. The number of para-hydroxylation sites is 1. The van der Waals surface area contributed by atoms with Crippen LogP contribution in [0.2, 0.25) is 5.02 Å². The monoisotopic (exact) mass is 462 g/mol. The van der Waals surface area contributed by atoms with Crippen LogP contribution in [0.15, 0.2) is 78.9 Å². The third-order valence-corrected chi connectivity index (χ3v) is 4.85. The second-order valence-electron chi connectivity index (χ2n) is 6.70. The topological polar surface area (TPSA) is 132 Å². The number of aromatic nitrogens is 3. The molecule has 0 bridgehead atoms. The first-order chi connectivity index (χ1) is 15.9. The van der Waals surface area contributed by atoms with Crippen LogP contribution in [0.3, 0.4) is 0 Å². The SMILES string of the molecule is O=C(NNC(=O)c1ccc([N+](=O)[O-])cc1Cl)c1nc(-c2ccccc2)n(-c2ccccc2)n1. The number of nitro groups is 1. The molecule has 2 amide bonds. The Morgan fingerprint density at radius 3 is 2.18 bits per heavy atom. The van der Waals surface area contributed by atoms with Crippen LogP contribution in [0.5, 0.6) is 0 Å². The number of hydrogen-bond donors (Lipinski definition) is 2. The number of halogens is 1. The Labute approximate surface area is 192 Å². The highest BCUT2D eigenvalue weighted by Gasteiger charge is 2.20. The molecule has 2 N–H and O–H groups in total. The van der Waals surface area contributed by atoms with Gasteiger partial charge >= 0.3 is 5.91 Å². The molecule has 164 valence electrons. The van der Waals surface area contributed by atoms with Crippen LogP contribution in [0.1, 0.15) is 21.0 Å². The molecule has 0 saturated carbocycles. The molecular weight excluding hydrogens is 448 g/mol. The number of hydrazine groups is 1. The molecule has 1 heterocycles. The Morgan fingerprint density at radius 2 is 1.55 bits per heavy atom. The quantitative estimate of drug-likeness (QED) is 0.344. The van der Waals surface area contributed by atoms with E-state index in [1.54, 1.807) is 0 Å². The number of nitrogens with one attached hydrogen (secondary N) is 2. The van der Waals surface area contributed by atoms with Gasteiger partial charge in [0, 0.05) is 17.7 Å². The highest BCUT2D eigenvalue weighted by molar-refractivity contribution is 6.34. The van der Waals surface area contributed by atoms with Crippen LogP contribution >= 0.6 is 11.6 Å². The van der Waals surface area contributed by atoms with Gasteiger partial charge in [0.2, 0.25) is 5.82 Å². The lowest BCUT2D eigenvalue weighted by molar-refractivity contribution is -0.384. The molecule has 0 unspecified atom stereocenters. The third-order valence-electron chi connectivity index (χ3n) is 4.54. The molecule has 0 spiro atoms. The summed E-state index contributed by atoms with van der Waals surface area (Å²) in [7, 11) is 0. The summed E-state index contributed by atoms with van der Waals surface area (Å²) in [4.78, 5) is 39.5. The summed E-state index contributed by atoms with van der Waals surface area (Å²) in [6.07, 6.45) is 0. The molecule has 33 heavy (non-hydrogen) atoms. The Hall–Kier alpha value is -4.57. The van der Waals surface area contributed by atoms with Crippen molar-refractivity contribution < 1.29 is 14.5 Å². The molecule has 11 heteroatoms. The lowest BCUT2D eigenvalue weighted by Crippen LogP contribution is -2.42. The fourth-order valence-corrected chi connectivity index (χ4v) is 3.23. The molecule has 4 rings (SSSR count). The van der Waals surface area contributed by atoms with E-state index in [0.29, 0.717) is 11.5 Å². The lowest BCUT2D eigenvalue weighted by Gasteiger charge is -2.07. The summed E-state index contributed by atoms with van der Waals surface area (Å²) in [5.41, 5.74) is 5.59. The van der Waals surface area contributed by atoms with E-state index >= 15 is 0 Å². The van der Waals surface area contributed by atoms with E-state index in [0.717, 1.165) is 17.7 Å². The number of nitro benzene ring substituents is 1. The Bertz CT molecular complexity index is 1280. The zero-order valence-electron chi connectivity index (χ0n) is 16.8. The number of carbonyl (C=O) groups excluding carboxylic acids is 2. The Kier molecular flexibility index (Phi) is 6.09. The normalized spacial score (nSPS) is 10.5. The highest BCUT2D eigenvalue weighted by Crippen LogP contribution is 2.23. The van der Waals surface area contributed by atoms with Gasteiger partial charge in [-0.25, -0.2) is 9.67 Å². The highest BCUT2D eigenvalue weighted by atomic mass is 35.5. The largest absolute Gasteiger partial charge is 0.309 e. The van der Waals surface area contributed by atoms with Crippen LogP contribution in [0.25, 0.3) is 17.1 Å². The van der Waals surface area contributed by atoms with Crippen molar-refractivity contribution in [2.45, 2.75) is 0 Å². The number of benzene rings is 3. The fraction of sp³-hybridized carbons (Fsp3) is 0. The fourth-order valence-electron chi connectivity index (χ4n) is 2.97. The second kappa shape index (κ2) is 9.28. The van der Waals surface area contributed by atoms with Crippen molar-refractivity contribution in [1.29, 1.82) is 0 Å². The average molecular weight is 463 g/mol. The van der Waals surface area contributed by atoms with Gasteiger partial charge in [-0.2, -0.15) is 0 Å². The van der Waals surface area contributed by atoms with Gasteiger partial charge in [-0.1, -0.05) is 60.1 Å². The minimum Gasteiger partial charge on any atom is -0.267 e. The Balaban J connectivity index is 1.56. The minimum absolute atomic E-state index is 0.0460. The molecule has 4 aromatic rings. The van der Waals surface area contributed by atoms with Crippen molar-refractivity contribution in [3.05, 3.63) is 105 Å².